The molecule has 6 heteroatoms. The maximum atomic E-state index is 12.1. The van der Waals surface area contributed by atoms with Crippen LogP contribution in [0.1, 0.15) is 18.0 Å². The molecule has 4 rings (SSSR count). The van der Waals surface area contributed by atoms with E-state index in [1.54, 1.807) is 13.2 Å². The first-order valence-electron chi connectivity index (χ1n) is 8.54. The number of likely N-dealkylation sites (tertiary alicyclic amines) is 1. The molecule has 1 saturated heterocycles. The molecule has 2 unspecified atom stereocenters. The fourth-order valence-corrected chi connectivity index (χ4v) is 4.21. The zero-order valence-electron chi connectivity index (χ0n) is 14.1. The molecule has 1 fully saturated rings. The van der Waals surface area contributed by atoms with E-state index in [1.165, 1.54) is 0 Å². The van der Waals surface area contributed by atoms with Crippen LogP contribution >= 0.6 is 12.2 Å². The Morgan fingerprint density at radius 3 is 2.72 bits per heavy atom. The highest BCUT2D eigenvalue weighted by molar-refractivity contribution is 7.80. The third-order valence-electron chi connectivity index (χ3n) is 5.11. The average Bonchev–Trinajstić information content (AvgIpc) is 2.63. The summed E-state index contributed by atoms with van der Waals surface area (Å²) in [6.45, 7) is 2.52. The molecule has 0 spiro atoms. The van der Waals surface area contributed by atoms with E-state index >= 15 is 0 Å². The van der Waals surface area contributed by atoms with Crippen LogP contribution in [-0.4, -0.2) is 34.8 Å². The molecule has 0 amide bonds. The van der Waals surface area contributed by atoms with Crippen LogP contribution in [0, 0.1) is 5.92 Å². The summed E-state index contributed by atoms with van der Waals surface area (Å²) in [6.07, 6.45) is 1.13. The summed E-state index contributed by atoms with van der Waals surface area (Å²) in [4.78, 5) is 14.3. The van der Waals surface area contributed by atoms with Gasteiger partial charge in [-0.15, -0.1) is 0 Å². The topological polar surface area (TPSA) is 46.5 Å². The number of anilines is 1. The van der Waals surface area contributed by atoms with Crippen LogP contribution in [0.4, 0.5) is 5.69 Å². The SMILES string of the molecule is COc1ccc(NC(=S)N2CC3CC(C2)c2cccc(=O)n2C3)cc1. The lowest BCUT2D eigenvalue weighted by Gasteiger charge is -2.43. The highest BCUT2D eigenvalue weighted by Gasteiger charge is 2.35. The standard InChI is InChI=1S/C19H21N3O2S/c1-24-16-7-5-15(6-8-16)20-19(25)21-10-13-9-14(12-21)17-3-2-4-18(23)22(17)11-13/h2-8,13-14H,9-12H2,1H3,(H,20,25). The molecule has 0 aliphatic carbocycles. The van der Waals surface area contributed by atoms with Gasteiger partial charge in [-0.05, 0) is 54.9 Å². The molecule has 1 N–H and O–H groups in total. The fourth-order valence-electron chi connectivity index (χ4n) is 3.94. The number of nitrogens with zero attached hydrogens (tertiary/aromatic N) is 2. The van der Waals surface area contributed by atoms with E-state index in [9.17, 15) is 4.79 Å². The minimum Gasteiger partial charge on any atom is -0.497 e. The van der Waals surface area contributed by atoms with Gasteiger partial charge in [0, 0.05) is 43.0 Å². The smallest absolute Gasteiger partial charge is 0.250 e. The monoisotopic (exact) mass is 355 g/mol. The van der Waals surface area contributed by atoms with Gasteiger partial charge in [0.15, 0.2) is 5.11 Å². The minimum absolute atomic E-state index is 0.111. The van der Waals surface area contributed by atoms with Crippen LogP contribution in [-0.2, 0) is 6.54 Å². The maximum absolute atomic E-state index is 12.1. The first-order valence-corrected chi connectivity index (χ1v) is 8.94. The number of benzene rings is 1. The van der Waals surface area contributed by atoms with Crippen molar-refractivity contribution in [2.45, 2.75) is 18.9 Å². The number of rotatable bonds is 2. The minimum atomic E-state index is 0.111. The van der Waals surface area contributed by atoms with E-state index in [0.29, 0.717) is 11.8 Å². The molecule has 1 aromatic carbocycles. The van der Waals surface area contributed by atoms with Gasteiger partial charge >= 0.3 is 0 Å². The van der Waals surface area contributed by atoms with Crippen LogP contribution < -0.4 is 15.6 Å². The largest absolute Gasteiger partial charge is 0.497 e. The van der Waals surface area contributed by atoms with Gasteiger partial charge in [-0.25, -0.2) is 0 Å². The van der Waals surface area contributed by atoms with Gasteiger partial charge < -0.3 is 19.5 Å². The van der Waals surface area contributed by atoms with Crippen LogP contribution in [0.5, 0.6) is 5.75 Å². The molecular formula is C19H21N3O2S. The number of methoxy groups -OCH3 is 1. The second-order valence-corrected chi connectivity index (χ2v) is 7.15. The summed E-state index contributed by atoms with van der Waals surface area (Å²) in [6, 6.07) is 13.3. The number of aromatic nitrogens is 1. The fraction of sp³-hybridized carbons (Fsp3) is 0.368. The lowest BCUT2D eigenvalue weighted by Crippen LogP contribution is -2.50. The highest BCUT2D eigenvalue weighted by Crippen LogP contribution is 2.35. The summed E-state index contributed by atoms with van der Waals surface area (Å²) in [5, 5.41) is 4.06. The molecule has 3 heterocycles. The molecule has 5 nitrogen and oxygen atoms in total. The zero-order valence-corrected chi connectivity index (χ0v) is 15.0. The van der Waals surface area contributed by atoms with Crippen molar-refractivity contribution >= 4 is 23.0 Å². The molecule has 2 aliphatic rings. The van der Waals surface area contributed by atoms with E-state index in [1.807, 2.05) is 34.9 Å². The van der Waals surface area contributed by atoms with Crippen LogP contribution in [0.25, 0.3) is 0 Å². The summed E-state index contributed by atoms with van der Waals surface area (Å²) in [7, 11) is 1.66. The van der Waals surface area contributed by atoms with Crippen LogP contribution in [0.15, 0.2) is 47.3 Å². The molecule has 0 saturated carbocycles. The van der Waals surface area contributed by atoms with Crippen molar-refractivity contribution in [3.63, 3.8) is 0 Å². The Kier molecular flexibility index (Phi) is 4.21. The van der Waals surface area contributed by atoms with Crippen LogP contribution in [0.2, 0.25) is 0 Å². The molecule has 2 aromatic rings. The molecule has 25 heavy (non-hydrogen) atoms. The zero-order chi connectivity index (χ0) is 17.4. The number of hydrogen-bond donors (Lipinski definition) is 1. The average molecular weight is 355 g/mol. The van der Waals surface area contributed by atoms with E-state index in [0.717, 1.165) is 48.3 Å². The van der Waals surface area contributed by atoms with Crippen molar-refractivity contribution in [3.8, 4) is 5.75 Å². The first kappa shape index (κ1) is 16.1. The third kappa shape index (κ3) is 3.14. The Balaban J connectivity index is 1.49. The lowest BCUT2D eigenvalue weighted by atomic mass is 9.83. The number of nitrogens with one attached hydrogen (secondary N) is 1. The van der Waals surface area contributed by atoms with Crippen molar-refractivity contribution in [2.75, 3.05) is 25.5 Å². The lowest BCUT2D eigenvalue weighted by molar-refractivity contribution is 0.180. The number of fused-ring (bicyclic) bond motifs is 4. The Morgan fingerprint density at radius 2 is 1.96 bits per heavy atom. The second-order valence-electron chi connectivity index (χ2n) is 6.76. The van der Waals surface area contributed by atoms with Gasteiger partial charge in [-0.2, -0.15) is 0 Å². The predicted octanol–water partition coefficient (Wildman–Crippen LogP) is 2.67. The number of hydrogen-bond acceptors (Lipinski definition) is 3. The van der Waals surface area contributed by atoms with Crippen molar-refractivity contribution in [1.82, 2.24) is 9.47 Å². The molecule has 2 aliphatic heterocycles. The Labute approximate surface area is 152 Å². The summed E-state index contributed by atoms with van der Waals surface area (Å²) < 4.78 is 7.13. The first-order chi connectivity index (χ1) is 12.1. The number of ether oxygens (including phenoxy) is 1. The molecule has 1 aromatic heterocycles. The van der Waals surface area contributed by atoms with Crippen molar-refractivity contribution in [3.05, 3.63) is 58.5 Å². The summed E-state index contributed by atoms with van der Waals surface area (Å²) in [5.41, 5.74) is 2.21. The normalized spacial score (nSPS) is 21.4. The quantitative estimate of drug-likeness (QED) is 0.840. The number of piperidine rings is 1. The molecule has 2 atom stereocenters. The van der Waals surface area contributed by atoms with Crippen molar-refractivity contribution < 1.29 is 4.74 Å². The van der Waals surface area contributed by atoms with Gasteiger partial charge in [-0.3, -0.25) is 4.79 Å². The van der Waals surface area contributed by atoms with E-state index in [-0.39, 0.29) is 5.56 Å². The van der Waals surface area contributed by atoms with Crippen molar-refractivity contribution in [1.29, 1.82) is 0 Å². The van der Waals surface area contributed by atoms with Gasteiger partial charge in [0.05, 0.1) is 7.11 Å². The second kappa shape index (κ2) is 6.52. The van der Waals surface area contributed by atoms with Gasteiger partial charge in [0.2, 0.25) is 0 Å². The summed E-state index contributed by atoms with van der Waals surface area (Å²) >= 11 is 5.63. The number of thiocarbonyl (C=S) groups is 1. The Morgan fingerprint density at radius 1 is 1.16 bits per heavy atom. The highest BCUT2D eigenvalue weighted by atomic mass is 32.1. The predicted molar refractivity (Wildman–Crippen MR) is 102 cm³/mol. The van der Waals surface area contributed by atoms with Gasteiger partial charge in [0.1, 0.15) is 5.75 Å². The molecule has 0 radical (unpaired) electrons. The summed E-state index contributed by atoms with van der Waals surface area (Å²) in [5.74, 6) is 1.64. The molecule has 2 bridgehead atoms. The molecular weight excluding hydrogens is 334 g/mol. The molecule has 130 valence electrons. The van der Waals surface area contributed by atoms with Gasteiger partial charge in [0.25, 0.3) is 5.56 Å². The van der Waals surface area contributed by atoms with Crippen molar-refractivity contribution in [2.24, 2.45) is 5.92 Å². The maximum Gasteiger partial charge on any atom is 0.250 e. The van der Waals surface area contributed by atoms with Crippen LogP contribution in [0.3, 0.4) is 0 Å². The van der Waals surface area contributed by atoms with E-state index < -0.39 is 0 Å². The number of pyridine rings is 1. The van der Waals surface area contributed by atoms with Gasteiger partial charge in [-0.1, -0.05) is 6.07 Å². The Bertz CT molecular complexity index is 846. The third-order valence-corrected chi connectivity index (χ3v) is 5.47. The Hall–Kier alpha value is -2.34. The van der Waals surface area contributed by atoms with E-state index in [4.69, 9.17) is 17.0 Å². The van der Waals surface area contributed by atoms with E-state index in [2.05, 4.69) is 16.3 Å².